The fourth-order valence-electron chi connectivity index (χ4n) is 2.75. The van der Waals surface area contributed by atoms with Crippen molar-refractivity contribution in [1.82, 2.24) is 9.88 Å². The number of fused-ring (bicyclic) bond motifs is 1. The molecule has 0 atom stereocenters. The quantitative estimate of drug-likeness (QED) is 0.785. The lowest BCUT2D eigenvalue weighted by molar-refractivity contribution is 0.0736. The Kier molecular flexibility index (Phi) is 4.07. The van der Waals surface area contributed by atoms with Gasteiger partial charge in [0, 0.05) is 23.4 Å². The number of carbonyl (C=O) groups excluding carboxylic acids is 2. The van der Waals surface area contributed by atoms with Gasteiger partial charge >= 0.3 is 0 Å². The molecule has 1 aliphatic heterocycles. The fraction of sp³-hybridized carbons (Fsp3) is 0.167. The van der Waals surface area contributed by atoms with Gasteiger partial charge in [0.15, 0.2) is 10.9 Å². The number of aromatic nitrogens is 1. The van der Waals surface area contributed by atoms with Crippen molar-refractivity contribution in [2.75, 3.05) is 11.9 Å². The minimum atomic E-state index is -0.326. The lowest BCUT2D eigenvalue weighted by Crippen LogP contribution is -2.35. The molecule has 6 nitrogen and oxygen atoms in total. The van der Waals surface area contributed by atoms with Crippen molar-refractivity contribution in [3.05, 3.63) is 70.6 Å². The number of nitrogens with one attached hydrogen (secondary N) is 1. The van der Waals surface area contributed by atoms with Gasteiger partial charge in [-0.2, -0.15) is 0 Å². The van der Waals surface area contributed by atoms with Gasteiger partial charge in [0.2, 0.25) is 0 Å². The van der Waals surface area contributed by atoms with Gasteiger partial charge in [0.1, 0.15) is 0 Å². The standard InChI is InChI=1S/C18H15N3O3S/c22-16(14-7-4-10-24-14)20-18-19-13-8-9-21(11-15(13)25-18)17(23)12-5-2-1-3-6-12/h1-7,10H,8-9,11H2,(H,19,20,22). The third-order valence-corrected chi connectivity index (χ3v) is 5.00. The van der Waals surface area contributed by atoms with E-state index in [0.717, 1.165) is 10.6 Å². The number of hydrogen-bond acceptors (Lipinski definition) is 5. The first-order valence-electron chi connectivity index (χ1n) is 7.88. The van der Waals surface area contributed by atoms with Crippen molar-refractivity contribution in [2.24, 2.45) is 0 Å². The van der Waals surface area contributed by atoms with Crippen LogP contribution < -0.4 is 5.32 Å². The summed E-state index contributed by atoms with van der Waals surface area (Å²) >= 11 is 1.40. The zero-order valence-corrected chi connectivity index (χ0v) is 14.1. The second-order valence-electron chi connectivity index (χ2n) is 5.66. The largest absolute Gasteiger partial charge is 0.459 e. The predicted octanol–water partition coefficient (Wildman–Crippen LogP) is 3.19. The SMILES string of the molecule is O=C(Nc1nc2c(s1)CN(C(=O)c1ccccc1)CC2)c1ccco1. The molecule has 7 heteroatoms. The molecule has 0 saturated heterocycles. The maximum Gasteiger partial charge on any atom is 0.293 e. The van der Waals surface area contributed by atoms with Gasteiger partial charge in [-0.3, -0.25) is 14.9 Å². The topological polar surface area (TPSA) is 75.4 Å². The third-order valence-electron chi connectivity index (χ3n) is 4.00. The minimum Gasteiger partial charge on any atom is -0.459 e. The molecule has 3 aromatic rings. The number of benzene rings is 1. The van der Waals surface area contributed by atoms with E-state index in [1.54, 1.807) is 12.1 Å². The highest BCUT2D eigenvalue weighted by molar-refractivity contribution is 7.15. The molecule has 2 amide bonds. The maximum absolute atomic E-state index is 12.6. The van der Waals surface area contributed by atoms with Crippen molar-refractivity contribution >= 4 is 28.3 Å². The minimum absolute atomic E-state index is 0.0146. The Hall–Kier alpha value is -2.93. The monoisotopic (exact) mass is 353 g/mol. The van der Waals surface area contributed by atoms with E-state index in [2.05, 4.69) is 10.3 Å². The molecule has 0 saturated carbocycles. The van der Waals surface area contributed by atoms with Crippen LogP contribution in [0.2, 0.25) is 0 Å². The summed E-state index contributed by atoms with van der Waals surface area (Å²) in [5.74, 6) is -0.0665. The van der Waals surface area contributed by atoms with Crippen molar-refractivity contribution < 1.29 is 14.0 Å². The Morgan fingerprint density at radius 1 is 1.16 bits per heavy atom. The van der Waals surface area contributed by atoms with Crippen LogP contribution in [-0.4, -0.2) is 28.2 Å². The smallest absolute Gasteiger partial charge is 0.293 e. The van der Waals surface area contributed by atoms with E-state index in [1.807, 2.05) is 35.2 Å². The molecule has 0 radical (unpaired) electrons. The highest BCUT2D eigenvalue weighted by atomic mass is 32.1. The van der Waals surface area contributed by atoms with Crippen LogP contribution in [0.4, 0.5) is 5.13 Å². The zero-order chi connectivity index (χ0) is 17.2. The van der Waals surface area contributed by atoms with Crippen LogP contribution in [0.3, 0.4) is 0 Å². The third kappa shape index (κ3) is 3.18. The summed E-state index contributed by atoms with van der Waals surface area (Å²) in [5, 5.41) is 3.28. The molecule has 0 unspecified atom stereocenters. The van der Waals surface area contributed by atoms with Crippen LogP contribution in [0.5, 0.6) is 0 Å². The molecule has 0 aliphatic carbocycles. The summed E-state index contributed by atoms with van der Waals surface area (Å²) in [6.45, 7) is 1.13. The Bertz CT molecular complexity index is 903. The van der Waals surface area contributed by atoms with E-state index in [4.69, 9.17) is 4.42 Å². The van der Waals surface area contributed by atoms with Crippen LogP contribution in [0.25, 0.3) is 0 Å². The second kappa shape index (κ2) is 6.52. The first-order valence-corrected chi connectivity index (χ1v) is 8.70. The predicted molar refractivity (Wildman–Crippen MR) is 93.7 cm³/mol. The molecule has 2 aromatic heterocycles. The summed E-state index contributed by atoms with van der Waals surface area (Å²) in [5.41, 5.74) is 1.62. The second-order valence-corrected chi connectivity index (χ2v) is 6.75. The highest BCUT2D eigenvalue weighted by Crippen LogP contribution is 2.29. The molecule has 0 spiro atoms. The van der Waals surface area contributed by atoms with E-state index in [9.17, 15) is 9.59 Å². The number of anilines is 1. The molecule has 25 heavy (non-hydrogen) atoms. The van der Waals surface area contributed by atoms with Crippen LogP contribution in [-0.2, 0) is 13.0 Å². The van der Waals surface area contributed by atoms with Gasteiger partial charge in [-0.15, -0.1) is 0 Å². The van der Waals surface area contributed by atoms with Crippen LogP contribution >= 0.6 is 11.3 Å². The average Bonchev–Trinajstić information content (AvgIpc) is 3.30. The number of furan rings is 1. The highest BCUT2D eigenvalue weighted by Gasteiger charge is 2.25. The van der Waals surface area contributed by atoms with E-state index < -0.39 is 0 Å². The number of amides is 2. The number of carbonyl (C=O) groups is 2. The summed E-state index contributed by atoms with van der Waals surface area (Å²) < 4.78 is 5.08. The zero-order valence-electron chi connectivity index (χ0n) is 13.3. The Morgan fingerprint density at radius 2 is 2.00 bits per heavy atom. The first-order chi connectivity index (χ1) is 12.2. The number of rotatable bonds is 3. The molecule has 1 aromatic carbocycles. The first kappa shape index (κ1) is 15.6. The van der Waals surface area contributed by atoms with Crippen molar-refractivity contribution in [3.63, 3.8) is 0 Å². The number of thiazole rings is 1. The van der Waals surface area contributed by atoms with Gasteiger partial charge in [-0.05, 0) is 24.3 Å². The molecule has 4 rings (SSSR count). The molecular formula is C18H15N3O3S. The summed E-state index contributed by atoms with van der Waals surface area (Å²) in [6, 6.07) is 12.5. The Morgan fingerprint density at radius 3 is 2.76 bits per heavy atom. The lowest BCUT2D eigenvalue weighted by Gasteiger charge is -2.26. The van der Waals surface area contributed by atoms with Gasteiger partial charge in [0.05, 0.1) is 18.5 Å². The van der Waals surface area contributed by atoms with Crippen molar-refractivity contribution in [2.45, 2.75) is 13.0 Å². The molecule has 126 valence electrons. The van der Waals surface area contributed by atoms with Crippen molar-refractivity contribution in [1.29, 1.82) is 0 Å². The van der Waals surface area contributed by atoms with E-state index in [-0.39, 0.29) is 17.6 Å². The Labute approximate surface area is 148 Å². The molecule has 0 bridgehead atoms. The molecular weight excluding hydrogens is 338 g/mol. The van der Waals surface area contributed by atoms with Gasteiger partial charge < -0.3 is 9.32 Å². The number of hydrogen-bond donors (Lipinski definition) is 1. The average molecular weight is 353 g/mol. The van der Waals surface area contributed by atoms with E-state index >= 15 is 0 Å². The summed E-state index contributed by atoms with van der Waals surface area (Å²) in [6.07, 6.45) is 2.13. The van der Waals surface area contributed by atoms with E-state index in [0.29, 0.717) is 30.2 Å². The van der Waals surface area contributed by atoms with Gasteiger partial charge in [-0.1, -0.05) is 29.5 Å². The molecule has 1 aliphatic rings. The molecule has 1 N–H and O–H groups in total. The van der Waals surface area contributed by atoms with Gasteiger partial charge in [-0.25, -0.2) is 4.98 Å². The Balaban J connectivity index is 1.48. The normalized spacial score (nSPS) is 13.4. The fourth-order valence-corrected chi connectivity index (χ4v) is 3.77. The van der Waals surface area contributed by atoms with Crippen molar-refractivity contribution in [3.8, 4) is 0 Å². The summed E-state index contributed by atoms with van der Waals surface area (Å²) in [7, 11) is 0. The van der Waals surface area contributed by atoms with Crippen LogP contribution in [0, 0.1) is 0 Å². The number of nitrogens with zero attached hydrogens (tertiary/aromatic N) is 2. The van der Waals surface area contributed by atoms with Crippen LogP contribution in [0.15, 0.2) is 53.1 Å². The summed E-state index contributed by atoms with van der Waals surface area (Å²) in [4.78, 5) is 31.9. The van der Waals surface area contributed by atoms with Crippen LogP contribution in [0.1, 0.15) is 31.5 Å². The maximum atomic E-state index is 12.6. The molecule has 0 fully saturated rings. The lowest BCUT2D eigenvalue weighted by atomic mass is 10.1. The molecule has 3 heterocycles. The van der Waals surface area contributed by atoms with E-state index in [1.165, 1.54) is 17.6 Å². The van der Waals surface area contributed by atoms with Gasteiger partial charge in [0.25, 0.3) is 11.8 Å².